The smallest absolute Gasteiger partial charge is 0.326 e. The van der Waals surface area contributed by atoms with E-state index in [9.17, 15) is 9.59 Å². The summed E-state index contributed by atoms with van der Waals surface area (Å²) in [4.78, 5) is 27.8. The van der Waals surface area contributed by atoms with E-state index in [1.165, 1.54) is 11.3 Å². The molecule has 3 rings (SSSR count). The molecule has 1 N–H and O–H groups in total. The Labute approximate surface area is 147 Å². The molecule has 0 aliphatic heterocycles. The standard InChI is InChI=1S/C16H14ClN3O3S/c1-10-9-24-16(18-10)19-14(21)8-23-15(22)7-20-5-4-11-2-3-12(17)6-13(11)20/h2-6,9H,7-8H2,1H3,(H,18,19,21). The molecule has 2 aromatic heterocycles. The van der Waals surface area contributed by atoms with Crippen molar-refractivity contribution in [2.45, 2.75) is 13.5 Å². The lowest BCUT2D eigenvalue weighted by Crippen LogP contribution is -2.22. The Hall–Kier alpha value is -2.38. The molecule has 8 heteroatoms. The molecule has 0 fully saturated rings. The fraction of sp³-hybridized carbons (Fsp3) is 0.188. The maximum atomic E-state index is 11.9. The quantitative estimate of drug-likeness (QED) is 0.706. The van der Waals surface area contributed by atoms with Gasteiger partial charge < -0.3 is 9.30 Å². The van der Waals surface area contributed by atoms with Crippen molar-refractivity contribution in [3.8, 4) is 0 Å². The Bertz CT molecular complexity index is 903. The topological polar surface area (TPSA) is 73.2 Å². The highest BCUT2D eigenvalue weighted by molar-refractivity contribution is 7.13. The normalized spacial score (nSPS) is 10.8. The predicted octanol–water partition coefficient (Wildman–Crippen LogP) is 3.24. The Morgan fingerprint density at radius 3 is 2.96 bits per heavy atom. The van der Waals surface area contributed by atoms with Crippen LogP contribution in [-0.2, 0) is 20.9 Å². The van der Waals surface area contributed by atoms with Crippen LogP contribution in [-0.4, -0.2) is 28.0 Å². The first-order chi connectivity index (χ1) is 11.5. The summed E-state index contributed by atoms with van der Waals surface area (Å²) in [5, 5.41) is 6.46. The lowest BCUT2D eigenvalue weighted by molar-refractivity contribution is -0.147. The van der Waals surface area contributed by atoms with Gasteiger partial charge in [-0.05, 0) is 30.5 Å². The van der Waals surface area contributed by atoms with E-state index in [0.717, 1.165) is 16.6 Å². The van der Waals surface area contributed by atoms with Crippen LogP contribution in [0.4, 0.5) is 5.13 Å². The molecule has 1 amide bonds. The van der Waals surface area contributed by atoms with E-state index in [4.69, 9.17) is 16.3 Å². The van der Waals surface area contributed by atoms with E-state index >= 15 is 0 Å². The largest absolute Gasteiger partial charge is 0.454 e. The summed E-state index contributed by atoms with van der Waals surface area (Å²) in [7, 11) is 0. The van der Waals surface area contributed by atoms with Gasteiger partial charge in [0.05, 0.1) is 11.2 Å². The first-order valence-electron chi connectivity index (χ1n) is 7.13. The third-order valence-electron chi connectivity index (χ3n) is 3.27. The van der Waals surface area contributed by atoms with E-state index in [-0.39, 0.29) is 13.2 Å². The first kappa shape index (κ1) is 16.5. The van der Waals surface area contributed by atoms with Crippen LogP contribution in [0.15, 0.2) is 35.8 Å². The number of carbonyl (C=O) groups excluding carboxylic acids is 2. The molecule has 6 nitrogen and oxygen atoms in total. The van der Waals surface area contributed by atoms with Gasteiger partial charge in [-0.25, -0.2) is 4.98 Å². The van der Waals surface area contributed by atoms with Crippen LogP contribution < -0.4 is 5.32 Å². The van der Waals surface area contributed by atoms with Gasteiger partial charge in [0, 0.05) is 16.6 Å². The van der Waals surface area contributed by atoms with Crippen molar-refractivity contribution in [1.29, 1.82) is 0 Å². The number of thiazole rings is 1. The zero-order valence-corrected chi connectivity index (χ0v) is 14.4. The zero-order chi connectivity index (χ0) is 17.1. The van der Waals surface area contributed by atoms with Gasteiger partial charge in [0.2, 0.25) is 0 Å². The summed E-state index contributed by atoms with van der Waals surface area (Å²) < 4.78 is 6.74. The maximum absolute atomic E-state index is 11.9. The summed E-state index contributed by atoms with van der Waals surface area (Å²) in [6.45, 7) is 1.49. The van der Waals surface area contributed by atoms with Crippen molar-refractivity contribution in [3.63, 3.8) is 0 Å². The number of carbonyl (C=O) groups is 2. The van der Waals surface area contributed by atoms with Gasteiger partial charge in [-0.1, -0.05) is 17.7 Å². The number of halogens is 1. The Morgan fingerprint density at radius 1 is 1.38 bits per heavy atom. The maximum Gasteiger partial charge on any atom is 0.326 e. The van der Waals surface area contributed by atoms with Gasteiger partial charge in [0.25, 0.3) is 5.91 Å². The third-order valence-corrected chi connectivity index (χ3v) is 4.38. The average Bonchev–Trinajstić information content (AvgIpc) is 3.12. The zero-order valence-electron chi connectivity index (χ0n) is 12.8. The Kier molecular flexibility index (Phi) is 4.82. The monoisotopic (exact) mass is 363 g/mol. The molecule has 0 unspecified atom stereocenters. The van der Waals surface area contributed by atoms with Gasteiger partial charge >= 0.3 is 5.97 Å². The summed E-state index contributed by atoms with van der Waals surface area (Å²) in [5.74, 6) is -0.920. The molecular weight excluding hydrogens is 350 g/mol. The molecule has 0 atom stereocenters. The highest BCUT2D eigenvalue weighted by atomic mass is 35.5. The van der Waals surface area contributed by atoms with E-state index in [0.29, 0.717) is 10.2 Å². The van der Waals surface area contributed by atoms with Crippen LogP contribution in [0.2, 0.25) is 5.02 Å². The molecular formula is C16H14ClN3O3S. The summed E-state index contributed by atoms with van der Waals surface area (Å²) in [5.41, 5.74) is 1.66. The van der Waals surface area contributed by atoms with Crippen molar-refractivity contribution in [2.24, 2.45) is 0 Å². The lowest BCUT2D eigenvalue weighted by Gasteiger charge is -2.07. The van der Waals surface area contributed by atoms with E-state index in [2.05, 4.69) is 10.3 Å². The van der Waals surface area contributed by atoms with Crippen LogP contribution in [0.5, 0.6) is 0 Å². The Morgan fingerprint density at radius 2 is 2.21 bits per heavy atom. The number of aromatic nitrogens is 2. The van der Waals surface area contributed by atoms with Gasteiger partial charge in [-0.2, -0.15) is 0 Å². The number of esters is 1. The molecule has 3 aromatic rings. The van der Waals surface area contributed by atoms with Crippen LogP contribution in [0, 0.1) is 6.92 Å². The minimum Gasteiger partial charge on any atom is -0.454 e. The van der Waals surface area contributed by atoms with Crippen molar-refractivity contribution < 1.29 is 14.3 Å². The van der Waals surface area contributed by atoms with Gasteiger partial charge in [-0.15, -0.1) is 11.3 Å². The van der Waals surface area contributed by atoms with Gasteiger partial charge in [0.15, 0.2) is 11.7 Å². The minimum atomic E-state index is -0.502. The number of amides is 1. The Balaban J connectivity index is 1.55. The average molecular weight is 364 g/mol. The summed E-state index contributed by atoms with van der Waals surface area (Å²) in [6.07, 6.45) is 1.78. The number of rotatable bonds is 5. The lowest BCUT2D eigenvalue weighted by atomic mass is 10.2. The number of aryl methyl sites for hydroxylation is 1. The predicted molar refractivity (Wildman–Crippen MR) is 93.4 cm³/mol. The van der Waals surface area contributed by atoms with Crippen LogP contribution >= 0.6 is 22.9 Å². The molecule has 0 spiro atoms. The number of hydrogen-bond donors (Lipinski definition) is 1. The van der Waals surface area contributed by atoms with Crippen molar-refractivity contribution in [3.05, 3.63) is 46.6 Å². The second-order valence-corrected chi connectivity index (χ2v) is 6.44. The molecule has 0 saturated carbocycles. The molecule has 24 heavy (non-hydrogen) atoms. The van der Waals surface area contributed by atoms with Crippen molar-refractivity contribution in [2.75, 3.05) is 11.9 Å². The highest BCUT2D eigenvalue weighted by Gasteiger charge is 2.11. The SMILES string of the molecule is Cc1csc(NC(=O)COC(=O)Cn2ccc3ccc(Cl)cc32)n1. The molecule has 1 aromatic carbocycles. The van der Waals surface area contributed by atoms with E-state index in [1.54, 1.807) is 22.9 Å². The first-order valence-corrected chi connectivity index (χ1v) is 8.39. The van der Waals surface area contributed by atoms with Crippen LogP contribution in [0.1, 0.15) is 5.69 Å². The number of hydrogen-bond acceptors (Lipinski definition) is 5. The second-order valence-electron chi connectivity index (χ2n) is 5.15. The number of nitrogens with one attached hydrogen (secondary N) is 1. The molecule has 0 saturated heterocycles. The number of nitrogens with zero attached hydrogens (tertiary/aromatic N) is 2. The number of benzene rings is 1. The molecule has 2 heterocycles. The number of anilines is 1. The number of fused-ring (bicyclic) bond motifs is 1. The molecule has 0 aliphatic rings. The summed E-state index contributed by atoms with van der Waals surface area (Å²) >= 11 is 7.30. The van der Waals surface area contributed by atoms with Gasteiger partial charge in [0.1, 0.15) is 6.54 Å². The second kappa shape index (κ2) is 7.02. The summed E-state index contributed by atoms with van der Waals surface area (Å²) in [6, 6.07) is 7.33. The minimum absolute atomic E-state index is 0.00742. The fourth-order valence-corrected chi connectivity index (χ4v) is 3.06. The van der Waals surface area contributed by atoms with Gasteiger partial charge in [-0.3, -0.25) is 14.9 Å². The van der Waals surface area contributed by atoms with Crippen molar-refractivity contribution in [1.82, 2.24) is 9.55 Å². The van der Waals surface area contributed by atoms with Crippen molar-refractivity contribution >= 4 is 50.8 Å². The molecule has 0 bridgehead atoms. The van der Waals surface area contributed by atoms with E-state index < -0.39 is 11.9 Å². The highest BCUT2D eigenvalue weighted by Crippen LogP contribution is 2.20. The molecule has 124 valence electrons. The van der Waals surface area contributed by atoms with Crippen LogP contribution in [0.3, 0.4) is 0 Å². The fourth-order valence-electron chi connectivity index (χ4n) is 2.19. The third kappa shape index (κ3) is 3.93. The van der Waals surface area contributed by atoms with E-state index in [1.807, 2.05) is 24.4 Å². The number of ether oxygens (including phenoxy) is 1. The van der Waals surface area contributed by atoms with Crippen LogP contribution in [0.25, 0.3) is 10.9 Å². The molecule has 0 aliphatic carbocycles. The molecule has 0 radical (unpaired) electrons.